The lowest BCUT2D eigenvalue weighted by molar-refractivity contribution is 0.224. The predicted molar refractivity (Wildman–Crippen MR) is 133 cm³/mol. The molecular weight excluding hydrogens is 416 g/mol. The van der Waals surface area contributed by atoms with Crippen LogP contribution in [0.4, 0.5) is 0 Å². The van der Waals surface area contributed by atoms with Crippen molar-refractivity contribution in [3.8, 4) is 17.0 Å². The minimum atomic E-state index is 0.566. The molecule has 0 unspecified atom stereocenters. The molecule has 1 saturated heterocycles. The Morgan fingerprint density at radius 2 is 1.88 bits per heavy atom. The fourth-order valence-electron chi connectivity index (χ4n) is 4.01. The number of rotatable bonds is 11. The van der Waals surface area contributed by atoms with Crippen LogP contribution in [0.1, 0.15) is 24.8 Å². The molecule has 1 aliphatic rings. The molecule has 1 atom stereocenters. The van der Waals surface area contributed by atoms with Gasteiger partial charge in [-0.2, -0.15) is 0 Å². The molecule has 0 saturated carbocycles. The maximum atomic E-state index is 5.94. The quantitative estimate of drug-likeness (QED) is 0.225. The molecule has 0 radical (unpaired) electrons. The van der Waals surface area contributed by atoms with Gasteiger partial charge in [-0.15, -0.1) is 10.2 Å². The van der Waals surface area contributed by atoms with Crippen LogP contribution in [0.3, 0.4) is 0 Å². The van der Waals surface area contributed by atoms with Gasteiger partial charge in [0.15, 0.2) is 0 Å². The zero-order chi connectivity index (χ0) is 22.0. The zero-order valence-electron chi connectivity index (χ0n) is 18.4. The van der Waals surface area contributed by atoms with Crippen LogP contribution in [0.2, 0.25) is 0 Å². The highest BCUT2D eigenvalue weighted by Gasteiger charge is 2.23. The van der Waals surface area contributed by atoms with Gasteiger partial charge >= 0.3 is 0 Å². The SMILES string of the molecule is C=NC[C@@H]1CCCN1CCCOc1ccc(-c2ccc(SCc3ccccc3)nn2)cc1. The molecule has 0 bridgehead atoms. The highest BCUT2D eigenvalue weighted by atomic mass is 32.2. The van der Waals surface area contributed by atoms with E-state index in [1.165, 1.54) is 24.9 Å². The molecule has 0 aliphatic carbocycles. The van der Waals surface area contributed by atoms with Crippen LogP contribution in [-0.2, 0) is 5.75 Å². The molecule has 2 heterocycles. The van der Waals surface area contributed by atoms with Gasteiger partial charge in [0.25, 0.3) is 0 Å². The Kier molecular flexibility index (Phi) is 8.29. The Balaban J connectivity index is 1.22. The molecule has 6 heteroatoms. The van der Waals surface area contributed by atoms with Crippen molar-refractivity contribution in [1.29, 1.82) is 0 Å². The van der Waals surface area contributed by atoms with Gasteiger partial charge in [-0.25, -0.2) is 0 Å². The molecule has 2 aromatic carbocycles. The number of likely N-dealkylation sites (tertiary alicyclic amines) is 1. The molecule has 0 N–H and O–H groups in total. The monoisotopic (exact) mass is 446 g/mol. The third-order valence-electron chi connectivity index (χ3n) is 5.72. The molecular formula is C26H30N4OS. The van der Waals surface area contributed by atoms with Crippen molar-refractivity contribution in [2.75, 3.05) is 26.2 Å². The van der Waals surface area contributed by atoms with Gasteiger partial charge in [0.05, 0.1) is 18.8 Å². The van der Waals surface area contributed by atoms with E-state index >= 15 is 0 Å². The maximum absolute atomic E-state index is 5.94. The summed E-state index contributed by atoms with van der Waals surface area (Å²) in [5.74, 6) is 1.78. The number of hydrogen-bond donors (Lipinski definition) is 0. The third kappa shape index (κ3) is 6.40. The topological polar surface area (TPSA) is 50.6 Å². The summed E-state index contributed by atoms with van der Waals surface area (Å²) in [7, 11) is 0. The van der Waals surface area contributed by atoms with Crippen molar-refractivity contribution in [3.05, 3.63) is 72.3 Å². The number of hydrogen-bond acceptors (Lipinski definition) is 6. The minimum absolute atomic E-state index is 0.566. The zero-order valence-corrected chi connectivity index (χ0v) is 19.2. The number of nitrogens with zero attached hydrogens (tertiary/aromatic N) is 4. The van der Waals surface area contributed by atoms with E-state index in [9.17, 15) is 0 Å². The largest absolute Gasteiger partial charge is 0.494 e. The van der Waals surface area contributed by atoms with Crippen LogP contribution in [0, 0.1) is 0 Å². The van der Waals surface area contributed by atoms with Crippen LogP contribution in [0.25, 0.3) is 11.3 Å². The molecule has 0 amide bonds. The summed E-state index contributed by atoms with van der Waals surface area (Å²) in [4.78, 5) is 6.59. The lowest BCUT2D eigenvalue weighted by Gasteiger charge is -2.22. The summed E-state index contributed by atoms with van der Waals surface area (Å²) in [6, 6.07) is 23.1. The average Bonchev–Trinajstić information content (AvgIpc) is 3.29. The number of aromatic nitrogens is 2. The second-order valence-electron chi connectivity index (χ2n) is 8.00. The Hall–Kier alpha value is -2.70. The van der Waals surface area contributed by atoms with Crippen molar-refractivity contribution >= 4 is 18.5 Å². The number of aliphatic imine (C=N–C) groups is 1. The lowest BCUT2D eigenvalue weighted by Crippen LogP contribution is -2.33. The van der Waals surface area contributed by atoms with Gasteiger partial charge in [0.2, 0.25) is 0 Å². The van der Waals surface area contributed by atoms with E-state index in [0.29, 0.717) is 6.04 Å². The molecule has 3 aromatic rings. The van der Waals surface area contributed by atoms with Gasteiger partial charge in [0.1, 0.15) is 10.8 Å². The summed E-state index contributed by atoms with van der Waals surface area (Å²) in [5, 5.41) is 9.71. The summed E-state index contributed by atoms with van der Waals surface area (Å²) in [5.41, 5.74) is 3.20. The van der Waals surface area contributed by atoms with Crippen LogP contribution < -0.4 is 4.74 Å². The number of thioether (sulfide) groups is 1. The van der Waals surface area contributed by atoms with Crippen molar-refractivity contribution in [3.63, 3.8) is 0 Å². The van der Waals surface area contributed by atoms with E-state index in [1.807, 2.05) is 42.5 Å². The highest BCUT2D eigenvalue weighted by Crippen LogP contribution is 2.24. The number of benzene rings is 2. The predicted octanol–water partition coefficient (Wildman–Crippen LogP) is 5.37. The van der Waals surface area contributed by atoms with E-state index in [1.54, 1.807) is 11.8 Å². The third-order valence-corrected chi connectivity index (χ3v) is 6.71. The van der Waals surface area contributed by atoms with E-state index in [2.05, 4.69) is 51.1 Å². The van der Waals surface area contributed by atoms with Gasteiger partial charge in [0, 0.05) is 23.9 Å². The molecule has 1 aliphatic heterocycles. The van der Waals surface area contributed by atoms with E-state index in [-0.39, 0.29) is 0 Å². The first-order chi connectivity index (χ1) is 15.8. The van der Waals surface area contributed by atoms with Crippen molar-refractivity contribution in [1.82, 2.24) is 15.1 Å². The second kappa shape index (κ2) is 11.8. The Morgan fingerprint density at radius 1 is 1.03 bits per heavy atom. The molecule has 5 nitrogen and oxygen atoms in total. The molecule has 0 spiro atoms. The van der Waals surface area contributed by atoms with Gasteiger partial charge in [-0.1, -0.05) is 42.1 Å². The first kappa shape index (κ1) is 22.5. The summed E-state index contributed by atoms with van der Waals surface area (Å²) < 4.78 is 5.94. The van der Waals surface area contributed by atoms with Crippen molar-refractivity contribution < 1.29 is 4.74 Å². The maximum Gasteiger partial charge on any atom is 0.119 e. The minimum Gasteiger partial charge on any atom is -0.494 e. The standard InChI is InChI=1S/C26H30N4OS/c1-27-19-23-9-5-16-30(23)17-6-18-31-24-12-10-22(11-13-24)25-14-15-26(29-28-25)32-20-21-7-3-2-4-8-21/h2-4,7-8,10-15,23H,1,5-6,9,16-20H2/t23-/m0/s1. The Bertz CT molecular complexity index is 963. The second-order valence-corrected chi connectivity index (χ2v) is 8.99. The summed E-state index contributed by atoms with van der Waals surface area (Å²) >= 11 is 1.70. The molecule has 32 heavy (non-hydrogen) atoms. The smallest absolute Gasteiger partial charge is 0.119 e. The van der Waals surface area contributed by atoms with E-state index in [0.717, 1.165) is 53.9 Å². The fraction of sp³-hybridized carbons (Fsp3) is 0.346. The first-order valence-corrected chi connectivity index (χ1v) is 12.2. The lowest BCUT2D eigenvalue weighted by atomic mass is 10.1. The fourth-order valence-corrected chi connectivity index (χ4v) is 4.78. The Morgan fingerprint density at radius 3 is 2.62 bits per heavy atom. The van der Waals surface area contributed by atoms with Crippen LogP contribution in [0.5, 0.6) is 5.75 Å². The van der Waals surface area contributed by atoms with Gasteiger partial charge in [-0.05, 0) is 74.5 Å². The molecule has 4 rings (SSSR count). The van der Waals surface area contributed by atoms with Gasteiger partial charge < -0.3 is 4.74 Å². The molecule has 1 fully saturated rings. The molecule has 166 valence electrons. The van der Waals surface area contributed by atoms with Gasteiger partial charge in [-0.3, -0.25) is 9.89 Å². The van der Waals surface area contributed by atoms with E-state index < -0.39 is 0 Å². The normalized spacial score (nSPS) is 16.2. The van der Waals surface area contributed by atoms with Crippen LogP contribution in [0.15, 0.2) is 76.7 Å². The summed E-state index contributed by atoms with van der Waals surface area (Å²) in [6.45, 7) is 7.43. The van der Waals surface area contributed by atoms with Crippen molar-refractivity contribution in [2.24, 2.45) is 4.99 Å². The average molecular weight is 447 g/mol. The molecule has 1 aromatic heterocycles. The summed E-state index contributed by atoms with van der Waals surface area (Å²) in [6.07, 6.45) is 3.51. The van der Waals surface area contributed by atoms with Crippen molar-refractivity contribution in [2.45, 2.75) is 36.1 Å². The van der Waals surface area contributed by atoms with Crippen LogP contribution in [-0.4, -0.2) is 54.1 Å². The first-order valence-electron chi connectivity index (χ1n) is 11.2. The number of ether oxygens (including phenoxy) is 1. The van der Waals surface area contributed by atoms with Crippen LogP contribution >= 0.6 is 11.8 Å². The Labute approximate surface area is 194 Å². The van der Waals surface area contributed by atoms with E-state index in [4.69, 9.17) is 4.74 Å². The highest BCUT2D eigenvalue weighted by molar-refractivity contribution is 7.98.